The highest BCUT2D eigenvalue weighted by Gasteiger charge is 2.32. The van der Waals surface area contributed by atoms with E-state index in [4.69, 9.17) is 16.3 Å². The summed E-state index contributed by atoms with van der Waals surface area (Å²) in [6.45, 7) is 14.6. The van der Waals surface area contributed by atoms with Crippen LogP contribution in [0.4, 0.5) is 0 Å². The molecule has 0 spiro atoms. The highest BCUT2D eigenvalue weighted by molar-refractivity contribution is 6.31. The first-order chi connectivity index (χ1) is 16.8. The van der Waals surface area contributed by atoms with Crippen molar-refractivity contribution in [2.75, 3.05) is 6.54 Å². The number of Topliss-reactive ketones (excluding diaryl/α,β-unsaturated/α-hetero) is 1. The molecule has 0 aromatic heterocycles. The van der Waals surface area contributed by atoms with Gasteiger partial charge in [0.25, 0.3) is 0 Å². The highest BCUT2D eigenvalue weighted by Crippen LogP contribution is 2.38. The molecule has 36 heavy (non-hydrogen) atoms. The van der Waals surface area contributed by atoms with E-state index in [2.05, 4.69) is 38.0 Å². The molecule has 7 heteroatoms. The van der Waals surface area contributed by atoms with Crippen LogP contribution in [0.25, 0.3) is 0 Å². The van der Waals surface area contributed by atoms with Crippen LogP contribution in [0.2, 0.25) is 0 Å². The molecule has 3 rings (SSSR count). The average Bonchev–Trinajstić information content (AvgIpc) is 2.80. The summed E-state index contributed by atoms with van der Waals surface area (Å²) in [5.74, 6) is 1.55. The summed E-state index contributed by atoms with van der Waals surface area (Å²) >= 11 is 6.80. The van der Waals surface area contributed by atoms with Crippen LogP contribution in [-0.4, -0.2) is 41.6 Å². The van der Waals surface area contributed by atoms with Crippen molar-refractivity contribution in [3.63, 3.8) is 0 Å². The fraction of sp³-hybridized carbons (Fsp3) is 0.621. The minimum atomic E-state index is -0.594. The number of hydrogen-bond donors (Lipinski definition) is 1. The van der Waals surface area contributed by atoms with Gasteiger partial charge in [-0.15, -0.1) is 0 Å². The quantitative estimate of drug-likeness (QED) is 0.253. The predicted octanol–water partition coefficient (Wildman–Crippen LogP) is 6.55. The van der Waals surface area contributed by atoms with Crippen molar-refractivity contribution in [3.8, 4) is 5.75 Å². The minimum Gasteiger partial charge on any atom is -0.426 e. The highest BCUT2D eigenvalue weighted by atomic mass is 35.5. The van der Waals surface area contributed by atoms with Crippen molar-refractivity contribution in [1.82, 2.24) is 10.2 Å². The van der Waals surface area contributed by atoms with Crippen molar-refractivity contribution in [3.05, 3.63) is 40.7 Å². The van der Waals surface area contributed by atoms with E-state index in [0.29, 0.717) is 27.8 Å². The van der Waals surface area contributed by atoms with Gasteiger partial charge in [-0.1, -0.05) is 39.3 Å². The molecule has 0 saturated heterocycles. The predicted molar refractivity (Wildman–Crippen MR) is 146 cm³/mol. The van der Waals surface area contributed by atoms with Crippen LogP contribution in [0.15, 0.2) is 40.1 Å². The number of rotatable bonds is 7. The Balaban J connectivity index is 1.59. The van der Waals surface area contributed by atoms with Crippen molar-refractivity contribution in [2.24, 2.45) is 21.7 Å². The molecule has 1 unspecified atom stereocenters. The molecule has 1 fully saturated rings. The van der Waals surface area contributed by atoms with E-state index in [1.54, 1.807) is 51.4 Å². The lowest BCUT2D eigenvalue weighted by molar-refractivity contribution is -0.143. The Labute approximate surface area is 221 Å². The molecular weight excluding hydrogens is 474 g/mol. The van der Waals surface area contributed by atoms with Gasteiger partial charge < -0.3 is 15.0 Å². The normalized spacial score (nSPS) is 23.0. The molecule has 1 aromatic rings. The van der Waals surface area contributed by atoms with Crippen LogP contribution in [0.3, 0.4) is 0 Å². The fourth-order valence-electron chi connectivity index (χ4n) is 4.77. The third kappa shape index (κ3) is 7.12. The molecule has 0 amide bonds. The molecule has 1 N–H and O–H groups in total. The average molecular weight is 516 g/mol. The number of ketones is 1. The van der Waals surface area contributed by atoms with Crippen molar-refractivity contribution in [2.45, 2.75) is 92.7 Å². The molecule has 1 aliphatic carbocycles. The number of aliphatic imine (C=N–C) groups is 1. The van der Waals surface area contributed by atoms with Gasteiger partial charge in [-0.25, -0.2) is 4.99 Å². The molecular formula is C29H42ClN3O3. The number of nitrogens with zero attached hydrogens (tertiary/aromatic N) is 2. The van der Waals surface area contributed by atoms with Gasteiger partial charge in [-0.3, -0.25) is 9.59 Å². The second kappa shape index (κ2) is 11.4. The second-order valence-corrected chi connectivity index (χ2v) is 12.6. The summed E-state index contributed by atoms with van der Waals surface area (Å²) in [6.07, 6.45) is 7.16. The van der Waals surface area contributed by atoms with Gasteiger partial charge in [0.05, 0.1) is 29.4 Å². The summed E-state index contributed by atoms with van der Waals surface area (Å²) in [6, 6.07) is 6.96. The zero-order valence-corrected chi connectivity index (χ0v) is 23.6. The van der Waals surface area contributed by atoms with Crippen LogP contribution in [0, 0.1) is 16.7 Å². The zero-order valence-electron chi connectivity index (χ0n) is 22.9. The Kier molecular flexibility index (Phi) is 8.92. The van der Waals surface area contributed by atoms with Crippen LogP contribution >= 0.6 is 11.6 Å². The van der Waals surface area contributed by atoms with Crippen LogP contribution < -0.4 is 10.1 Å². The summed E-state index contributed by atoms with van der Waals surface area (Å²) in [7, 11) is 0. The lowest BCUT2D eigenvalue weighted by Crippen LogP contribution is -2.43. The largest absolute Gasteiger partial charge is 0.426 e. The fourth-order valence-corrected chi connectivity index (χ4v) is 5.15. The minimum absolute atomic E-state index is 0.0463. The Hall–Kier alpha value is -2.34. The number of ether oxygens (including phenoxy) is 1. The first kappa shape index (κ1) is 28.2. The number of carbonyl (C=O) groups excluding carboxylic acids is 2. The molecule has 0 radical (unpaired) electrons. The van der Waals surface area contributed by atoms with Crippen LogP contribution in [-0.2, 0) is 4.79 Å². The van der Waals surface area contributed by atoms with Gasteiger partial charge >= 0.3 is 5.97 Å². The SMILES string of the molecule is CCC1C(Cl)=C(NC2CCC(C(C)(C)C)CC2)N=CN1CC(=O)c1ccc(OC(=O)C(C)(C)C)cc1. The maximum Gasteiger partial charge on any atom is 0.316 e. The number of halogens is 1. The van der Waals surface area contributed by atoms with Crippen molar-refractivity contribution >= 4 is 29.7 Å². The summed E-state index contributed by atoms with van der Waals surface area (Å²) < 4.78 is 5.40. The number of carbonyl (C=O) groups is 2. The van der Waals surface area contributed by atoms with Gasteiger partial charge in [0, 0.05) is 11.6 Å². The van der Waals surface area contributed by atoms with E-state index in [9.17, 15) is 9.59 Å². The number of nitrogens with one attached hydrogen (secondary N) is 1. The smallest absolute Gasteiger partial charge is 0.316 e. The molecule has 1 heterocycles. The maximum absolute atomic E-state index is 13.0. The Morgan fingerprint density at radius 1 is 1.06 bits per heavy atom. The molecule has 198 valence electrons. The van der Waals surface area contributed by atoms with Gasteiger partial charge in [-0.05, 0) is 88.5 Å². The molecule has 1 aliphatic heterocycles. The van der Waals surface area contributed by atoms with Gasteiger partial charge in [0.1, 0.15) is 11.6 Å². The third-order valence-corrected chi connectivity index (χ3v) is 7.69. The van der Waals surface area contributed by atoms with E-state index in [1.807, 2.05) is 4.90 Å². The van der Waals surface area contributed by atoms with Crippen molar-refractivity contribution < 1.29 is 14.3 Å². The molecule has 0 bridgehead atoms. The standard InChI is InChI=1S/C29H42ClN3O3/c1-8-23-25(30)26(32-21-13-11-20(12-14-21)28(2,3)4)31-18-33(23)17-24(34)19-9-15-22(16-10-19)36-27(35)29(5,6)7/h9-10,15-16,18,20-21,23,32H,8,11-14,17H2,1-7H3. The van der Waals surface area contributed by atoms with Gasteiger partial charge in [-0.2, -0.15) is 0 Å². The Morgan fingerprint density at radius 3 is 2.19 bits per heavy atom. The summed E-state index contributed by atoms with van der Waals surface area (Å²) in [5, 5.41) is 4.24. The monoisotopic (exact) mass is 515 g/mol. The Bertz CT molecular complexity index is 994. The first-order valence-corrected chi connectivity index (χ1v) is 13.5. The van der Waals surface area contributed by atoms with Crippen LogP contribution in [0.1, 0.15) is 90.9 Å². The van der Waals surface area contributed by atoms with E-state index in [-0.39, 0.29) is 24.3 Å². The third-order valence-electron chi connectivity index (χ3n) is 7.26. The van der Waals surface area contributed by atoms with Gasteiger partial charge in [0.15, 0.2) is 5.78 Å². The number of benzene rings is 1. The molecule has 1 aromatic carbocycles. The van der Waals surface area contributed by atoms with E-state index in [0.717, 1.165) is 31.0 Å². The van der Waals surface area contributed by atoms with E-state index >= 15 is 0 Å². The number of esters is 1. The first-order valence-electron chi connectivity index (χ1n) is 13.1. The topological polar surface area (TPSA) is 71.0 Å². The molecule has 2 aliphatic rings. The summed E-state index contributed by atoms with van der Waals surface area (Å²) in [4.78, 5) is 31.6. The van der Waals surface area contributed by atoms with E-state index in [1.165, 1.54) is 12.8 Å². The second-order valence-electron chi connectivity index (χ2n) is 12.2. The molecule has 6 nitrogen and oxygen atoms in total. The lowest BCUT2D eigenvalue weighted by Gasteiger charge is -2.38. The van der Waals surface area contributed by atoms with Crippen LogP contribution in [0.5, 0.6) is 5.75 Å². The number of hydrogen-bond acceptors (Lipinski definition) is 6. The summed E-state index contributed by atoms with van der Waals surface area (Å²) in [5.41, 5.74) is 0.305. The Morgan fingerprint density at radius 2 is 1.67 bits per heavy atom. The molecule has 1 saturated carbocycles. The van der Waals surface area contributed by atoms with Gasteiger partial charge in [0.2, 0.25) is 0 Å². The lowest BCUT2D eigenvalue weighted by atomic mass is 9.71. The zero-order chi connectivity index (χ0) is 26.7. The van der Waals surface area contributed by atoms with Crippen molar-refractivity contribution in [1.29, 1.82) is 0 Å². The molecule has 1 atom stereocenters. The maximum atomic E-state index is 13.0. The van der Waals surface area contributed by atoms with E-state index < -0.39 is 5.41 Å².